The van der Waals surface area contributed by atoms with Crippen LogP contribution >= 0.6 is 11.3 Å². The van der Waals surface area contributed by atoms with Gasteiger partial charge in [-0.2, -0.15) is 0 Å². The fraction of sp³-hybridized carbons (Fsp3) is 0.167. The molecule has 0 N–H and O–H groups in total. The van der Waals surface area contributed by atoms with Crippen molar-refractivity contribution in [2.75, 3.05) is 14.2 Å². The normalized spacial score (nSPS) is 10.7. The van der Waals surface area contributed by atoms with Crippen LogP contribution in [-0.4, -0.2) is 25.4 Å². The molecule has 0 fully saturated rings. The standard InChI is InChI=1S/C12H12N2O2S/c1-15-10-4-3-9(11(7-10)16-2)8-14-12-13-5-6-17-12/h3-8H,1-2H3. The summed E-state index contributed by atoms with van der Waals surface area (Å²) in [6.07, 6.45) is 3.46. The Hall–Kier alpha value is -1.88. The number of rotatable bonds is 4. The first-order valence-corrected chi connectivity index (χ1v) is 5.87. The van der Waals surface area contributed by atoms with E-state index < -0.39 is 0 Å². The molecule has 0 aliphatic heterocycles. The van der Waals surface area contributed by atoms with Crippen molar-refractivity contribution in [2.45, 2.75) is 0 Å². The molecule has 0 aliphatic rings. The molecule has 0 saturated carbocycles. The number of ether oxygens (including phenoxy) is 2. The summed E-state index contributed by atoms with van der Waals surface area (Å²) in [7, 11) is 3.24. The molecule has 0 atom stereocenters. The Kier molecular flexibility index (Phi) is 3.72. The van der Waals surface area contributed by atoms with Crippen LogP contribution in [0.1, 0.15) is 5.56 Å². The molecule has 1 aromatic heterocycles. The molecule has 0 saturated heterocycles. The molecule has 2 aromatic rings. The minimum atomic E-state index is 0.725. The van der Waals surface area contributed by atoms with Gasteiger partial charge in [0.05, 0.1) is 14.2 Å². The molecule has 4 nitrogen and oxygen atoms in total. The molecular weight excluding hydrogens is 236 g/mol. The summed E-state index contributed by atoms with van der Waals surface area (Å²) >= 11 is 1.49. The van der Waals surface area contributed by atoms with Crippen molar-refractivity contribution in [1.82, 2.24) is 4.98 Å². The number of nitrogens with zero attached hydrogens (tertiary/aromatic N) is 2. The zero-order valence-corrected chi connectivity index (χ0v) is 10.4. The van der Waals surface area contributed by atoms with Crippen LogP contribution < -0.4 is 9.47 Å². The van der Waals surface area contributed by atoms with E-state index in [2.05, 4.69) is 9.98 Å². The molecular formula is C12H12N2O2S. The molecule has 0 radical (unpaired) electrons. The molecule has 2 rings (SSSR count). The SMILES string of the molecule is COc1ccc(C=Nc2nccs2)c(OC)c1. The van der Waals surface area contributed by atoms with Gasteiger partial charge in [0.25, 0.3) is 0 Å². The Morgan fingerprint density at radius 2 is 2.18 bits per heavy atom. The monoisotopic (exact) mass is 248 g/mol. The Bertz CT molecular complexity index is 509. The van der Waals surface area contributed by atoms with E-state index in [-0.39, 0.29) is 0 Å². The van der Waals surface area contributed by atoms with E-state index in [0.29, 0.717) is 0 Å². The minimum Gasteiger partial charge on any atom is -0.497 e. The maximum atomic E-state index is 5.27. The molecule has 0 unspecified atom stereocenters. The number of hydrogen-bond donors (Lipinski definition) is 0. The van der Waals surface area contributed by atoms with Crippen LogP contribution in [0.5, 0.6) is 11.5 Å². The van der Waals surface area contributed by atoms with Gasteiger partial charge in [-0.1, -0.05) is 0 Å². The third-order valence-electron chi connectivity index (χ3n) is 2.17. The maximum absolute atomic E-state index is 5.27. The van der Waals surface area contributed by atoms with Crippen molar-refractivity contribution >= 4 is 22.7 Å². The third kappa shape index (κ3) is 2.82. The Morgan fingerprint density at radius 1 is 1.29 bits per heavy atom. The molecule has 0 spiro atoms. The first-order chi connectivity index (χ1) is 8.33. The van der Waals surface area contributed by atoms with Crippen molar-refractivity contribution in [3.8, 4) is 11.5 Å². The number of thiazole rings is 1. The predicted molar refractivity (Wildman–Crippen MR) is 68.9 cm³/mol. The van der Waals surface area contributed by atoms with Crippen LogP contribution in [0.15, 0.2) is 34.8 Å². The summed E-state index contributed by atoms with van der Waals surface area (Å²) < 4.78 is 10.4. The van der Waals surface area contributed by atoms with Gasteiger partial charge in [-0.15, -0.1) is 11.3 Å². The van der Waals surface area contributed by atoms with Gasteiger partial charge in [0.15, 0.2) is 0 Å². The highest BCUT2D eigenvalue weighted by Gasteiger charge is 2.02. The summed E-state index contributed by atoms with van der Waals surface area (Å²) in [5.74, 6) is 1.48. The van der Waals surface area contributed by atoms with Crippen LogP contribution in [0.2, 0.25) is 0 Å². The van der Waals surface area contributed by atoms with Crippen molar-refractivity contribution < 1.29 is 9.47 Å². The highest BCUT2D eigenvalue weighted by Crippen LogP contribution is 2.24. The number of hydrogen-bond acceptors (Lipinski definition) is 5. The quantitative estimate of drug-likeness (QED) is 0.781. The van der Waals surface area contributed by atoms with E-state index >= 15 is 0 Å². The fourth-order valence-corrected chi connectivity index (χ4v) is 1.81. The van der Waals surface area contributed by atoms with Gasteiger partial charge in [-0.05, 0) is 12.1 Å². The minimum absolute atomic E-state index is 0.725. The lowest BCUT2D eigenvalue weighted by molar-refractivity contribution is 0.394. The maximum Gasteiger partial charge on any atom is 0.209 e. The number of aromatic nitrogens is 1. The molecule has 88 valence electrons. The van der Waals surface area contributed by atoms with Gasteiger partial charge in [0.2, 0.25) is 5.13 Å². The Balaban J connectivity index is 2.26. The molecule has 1 aromatic carbocycles. The summed E-state index contributed by atoms with van der Waals surface area (Å²) in [5, 5.41) is 2.61. The van der Waals surface area contributed by atoms with Crippen LogP contribution in [0, 0.1) is 0 Å². The van der Waals surface area contributed by atoms with Gasteiger partial charge in [0.1, 0.15) is 11.5 Å². The predicted octanol–water partition coefficient (Wildman–Crippen LogP) is 2.91. The first-order valence-electron chi connectivity index (χ1n) is 4.99. The second kappa shape index (κ2) is 5.45. The molecule has 5 heteroatoms. The second-order valence-electron chi connectivity index (χ2n) is 3.18. The zero-order chi connectivity index (χ0) is 12.1. The fourth-order valence-electron chi connectivity index (χ4n) is 1.33. The smallest absolute Gasteiger partial charge is 0.209 e. The average Bonchev–Trinajstić information content (AvgIpc) is 2.89. The number of methoxy groups -OCH3 is 2. The summed E-state index contributed by atoms with van der Waals surface area (Å²) in [6, 6.07) is 5.59. The van der Waals surface area contributed by atoms with E-state index in [1.165, 1.54) is 11.3 Å². The van der Waals surface area contributed by atoms with Gasteiger partial charge in [-0.25, -0.2) is 9.98 Å². The van der Waals surface area contributed by atoms with E-state index in [4.69, 9.17) is 9.47 Å². The largest absolute Gasteiger partial charge is 0.497 e. The summed E-state index contributed by atoms with van der Waals surface area (Å²) in [4.78, 5) is 8.34. The highest BCUT2D eigenvalue weighted by molar-refractivity contribution is 7.13. The molecule has 0 aliphatic carbocycles. The van der Waals surface area contributed by atoms with E-state index in [1.54, 1.807) is 26.6 Å². The van der Waals surface area contributed by atoms with Gasteiger partial charge < -0.3 is 9.47 Å². The molecule has 17 heavy (non-hydrogen) atoms. The topological polar surface area (TPSA) is 43.7 Å². The van der Waals surface area contributed by atoms with Crippen molar-refractivity contribution in [3.05, 3.63) is 35.3 Å². The summed E-state index contributed by atoms with van der Waals surface area (Å²) in [5.41, 5.74) is 0.892. The third-order valence-corrected chi connectivity index (χ3v) is 2.85. The molecule has 0 amide bonds. The lowest BCUT2D eigenvalue weighted by atomic mass is 10.2. The van der Waals surface area contributed by atoms with E-state index in [9.17, 15) is 0 Å². The van der Waals surface area contributed by atoms with Gasteiger partial charge in [0, 0.05) is 29.4 Å². The van der Waals surface area contributed by atoms with Crippen molar-refractivity contribution in [2.24, 2.45) is 4.99 Å². The van der Waals surface area contributed by atoms with Gasteiger partial charge >= 0.3 is 0 Å². The lowest BCUT2D eigenvalue weighted by Crippen LogP contribution is -1.92. The van der Waals surface area contributed by atoms with Gasteiger partial charge in [-0.3, -0.25) is 0 Å². The van der Waals surface area contributed by atoms with Crippen LogP contribution in [0.4, 0.5) is 5.13 Å². The first kappa shape index (κ1) is 11.6. The lowest BCUT2D eigenvalue weighted by Gasteiger charge is -2.06. The van der Waals surface area contributed by atoms with Crippen molar-refractivity contribution in [3.63, 3.8) is 0 Å². The van der Waals surface area contributed by atoms with Crippen LogP contribution in [0.3, 0.4) is 0 Å². The second-order valence-corrected chi connectivity index (χ2v) is 4.05. The van der Waals surface area contributed by atoms with Crippen LogP contribution in [-0.2, 0) is 0 Å². The van der Waals surface area contributed by atoms with Crippen molar-refractivity contribution in [1.29, 1.82) is 0 Å². The average molecular weight is 248 g/mol. The van der Waals surface area contributed by atoms with E-state index in [1.807, 2.05) is 23.6 Å². The Morgan fingerprint density at radius 3 is 2.82 bits per heavy atom. The van der Waals surface area contributed by atoms with Crippen LogP contribution in [0.25, 0.3) is 0 Å². The summed E-state index contributed by atoms with van der Waals surface area (Å²) in [6.45, 7) is 0. The zero-order valence-electron chi connectivity index (χ0n) is 9.58. The molecule has 0 bridgehead atoms. The number of aliphatic imine (C=N–C) groups is 1. The van der Waals surface area contributed by atoms with E-state index in [0.717, 1.165) is 22.2 Å². The highest BCUT2D eigenvalue weighted by atomic mass is 32.1. The Labute approximate surface area is 104 Å². The molecule has 1 heterocycles. The number of benzene rings is 1.